The molecule has 0 saturated heterocycles. The van der Waals surface area contributed by atoms with Crippen LogP contribution in [0.15, 0.2) is 36.4 Å². The van der Waals surface area contributed by atoms with Crippen LogP contribution < -0.4 is 10.1 Å². The van der Waals surface area contributed by atoms with Gasteiger partial charge in [0.2, 0.25) is 0 Å². The molecule has 0 spiro atoms. The van der Waals surface area contributed by atoms with Crippen LogP contribution in [-0.4, -0.2) is 37.4 Å². The smallest absolute Gasteiger partial charge is 0.407 e. The van der Waals surface area contributed by atoms with Crippen LogP contribution in [0, 0.1) is 0 Å². The number of benzene rings is 2. The second-order valence-corrected chi connectivity index (χ2v) is 7.18. The van der Waals surface area contributed by atoms with Crippen molar-refractivity contribution in [2.75, 3.05) is 13.7 Å². The van der Waals surface area contributed by atoms with Crippen LogP contribution in [0.3, 0.4) is 0 Å². The second kappa shape index (κ2) is 8.75. The fourth-order valence-corrected chi connectivity index (χ4v) is 2.62. The van der Waals surface area contributed by atoms with Crippen LogP contribution in [0.5, 0.6) is 5.75 Å². The molecular weight excluding hydrogens is 346 g/mol. The fourth-order valence-electron chi connectivity index (χ4n) is 2.62. The van der Waals surface area contributed by atoms with Crippen LogP contribution in [0.4, 0.5) is 4.79 Å². The molecule has 0 aromatic heterocycles. The molecule has 0 aliphatic carbocycles. The molecule has 1 N–H and O–H groups in total. The zero-order chi connectivity index (χ0) is 20.0. The van der Waals surface area contributed by atoms with E-state index in [1.807, 2.05) is 37.3 Å². The van der Waals surface area contributed by atoms with E-state index in [2.05, 4.69) is 5.32 Å². The van der Waals surface area contributed by atoms with Crippen molar-refractivity contribution in [2.24, 2.45) is 0 Å². The van der Waals surface area contributed by atoms with Crippen molar-refractivity contribution in [3.63, 3.8) is 0 Å². The molecule has 1 atom stereocenters. The van der Waals surface area contributed by atoms with Gasteiger partial charge in [-0.25, -0.2) is 9.59 Å². The van der Waals surface area contributed by atoms with Crippen molar-refractivity contribution in [1.29, 1.82) is 0 Å². The fraction of sp³-hybridized carbons (Fsp3) is 0.429. The lowest BCUT2D eigenvalue weighted by Gasteiger charge is -2.23. The summed E-state index contributed by atoms with van der Waals surface area (Å²) in [5.41, 5.74) is -0.186. The number of carbonyl (C=O) groups excluding carboxylic acids is 2. The predicted octanol–water partition coefficient (Wildman–Crippen LogP) is 4.31. The maximum Gasteiger partial charge on any atom is 0.407 e. The third-order valence-electron chi connectivity index (χ3n) is 3.90. The molecule has 0 radical (unpaired) electrons. The summed E-state index contributed by atoms with van der Waals surface area (Å²) in [5.74, 6) is -0.0323. The van der Waals surface area contributed by atoms with E-state index in [1.54, 1.807) is 26.8 Å². The number of amides is 1. The number of fused-ring (bicyclic) bond motifs is 1. The van der Waals surface area contributed by atoms with Gasteiger partial charge >= 0.3 is 12.1 Å². The zero-order valence-electron chi connectivity index (χ0n) is 16.5. The minimum Gasteiger partial charge on any atom is -0.488 e. The first-order valence-corrected chi connectivity index (χ1v) is 8.98. The average molecular weight is 373 g/mol. The Balaban J connectivity index is 2.20. The number of esters is 1. The quantitative estimate of drug-likeness (QED) is 0.764. The molecule has 0 saturated carbocycles. The highest BCUT2D eigenvalue weighted by atomic mass is 16.6. The molecule has 0 bridgehead atoms. The molecule has 0 unspecified atom stereocenters. The predicted molar refractivity (Wildman–Crippen MR) is 104 cm³/mol. The Morgan fingerprint density at radius 3 is 2.44 bits per heavy atom. The first kappa shape index (κ1) is 20.6. The largest absolute Gasteiger partial charge is 0.488 e. The van der Waals surface area contributed by atoms with Gasteiger partial charge in [-0.15, -0.1) is 0 Å². The van der Waals surface area contributed by atoms with Gasteiger partial charge in [0, 0.05) is 0 Å². The Morgan fingerprint density at radius 1 is 1.11 bits per heavy atom. The normalized spacial score (nSPS) is 12.3. The molecule has 6 nitrogen and oxygen atoms in total. The molecule has 2 aromatic rings. The first-order valence-electron chi connectivity index (χ1n) is 8.98. The summed E-state index contributed by atoms with van der Waals surface area (Å²) in [5, 5.41) is 4.39. The summed E-state index contributed by atoms with van der Waals surface area (Å²) in [6.07, 6.45) is -0.179. The van der Waals surface area contributed by atoms with E-state index in [-0.39, 0.29) is 12.6 Å². The van der Waals surface area contributed by atoms with E-state index in [9.17, 15) is 9.59 Å². The first-order chi connectivity index (χ1) is 12.7. The number of nitrogens with one attached hydrogen (secondary N) is 1. The van der Waals surface area contributed by atoms with Gasteiger partial charge in [0.1, 0.15) is 23.0 Å². The highest BCUT2D eigenvalue weighted by Crippen LogP contribution is 2.29. The van der Waals surface area contributed by atoms with Crippen molar-refractivity contribution in [3.8, 4) is 5.75 Å². The molecule has 27 heavy (non-hydrogen) atoms. The standard InChI is InChI=1S/C21H27NO5/c1-6-15(13-22-20(24)27-21(2,3)4)26-17-12-11-14-9-7-8-10-16(14)18(17)19(23)25-5/h7-12,15H,6,13H2,1-5H3,(H,22,24)/t15-/m1/s1. The Kier molecular flexibility index (Phi) is 6.66. The van der Waals surface area contributed by atoms with Crippen molar-refractivity contribution in [1.82, 2.24) is 5.32 Å². The third-order valence-corrected chi connectivity index (χ3v) is 3.90. The average Bonchev–Trinajstić information content (AvgIpc) is 2.62. The van der Waals surface area contributed by atoms with Crippen molar-refractivity contribution in [3.05, 3.63) is 42.0 Å². The third kappa shape index (κ3) is 5.61. The van der Waals surface area contributed by atoms with Gasteiger partial charge in [0.05, 0.1) is 13.7 Å². The maximum atomic E-state index is 12.3. The van der Waals surface area contributed by atoms with Crippen molar-refractivity contribution >= 4 is 22.8 Å². The Hall–Kier alpha value is -2.76. The molecular formula is C21H27NO5. The number of carbonyl (C=O) groups is 2. The van der Waals surface area contributed by atoms with Crippen LogP contribution in [0.25, 0.3) is 10.8 Å². The molecule has 2 aromatic carbocycles. The SMILES string of the molecule is CC[C@H](CNC(=O)OC(C)(C)C)Oc1ccc2ccccc2c1C(=O)OC. The number of methoxy groups -OCH3 is 1. The summed E-state index contributed by atoms with van der Waals surface area (Å²) < 4.78 is 16.2. The van der Waals surface area contributed by atoms with Gasteiger partial charge in [-0.05, 0) is 44.0 Å². The van der Waals surface area contributed by atoms with Gasteiger partial charge in [0.15, 0.2) is 0 Å². The second-order valence-electron chi connectivity index (χ2n) is 7.18. The van der Waals surface area contributed by atoms with E-state index in [4.69, 9.17) is 14.2 Å². The highest BCUT2D eigenvalue weighted by molar-refractivity contribution is 6.07. The lowest BCUT2D eigenvalue weighted by atomic mass is 10.0. The Morgan fingerprint density at radius 2 is 1.81 bits per heavy atom. The number of alkyl carbamates (subject to hydrolysis) is 1. The summed E-state index contributed by atoms with van der Waals surface area (Å²) in [4.78, 5) is 24.2. The molecule has 0 aliphatic rings. The monoisotopic (exact) mass is 373 g/mol. The Labute approximate surface area is 159 Å². The van der Waals surface area contributed by atoms with Gasteiger partial charge in [0.25, 0.3) is 0 Å². The summed E-state index contributed by atoms with van der Waals surface area (Å²) in [6.45, 7) is 7.62. The molecule has 1 amide bonds. The van der Waals surface area contributed by atoms with Crippen LogP contribution >= 0.6 is 0 Å². The molecule has 0 fully saturated rings. The molecule has 0 heterocycles. The van der Waals surface area contributed by atoms with Gasteiger partial charge in [-0.2, -0.15) is 0 Å². The van der Waals surface area contributed by atoms with E-state index in [0.29, 0.717) is 17.7 Å². The minimum atomic E-state index is -0.566. The lowest BCUT2D eigenvalue weighted by Crippen LogP contribution is -2.38. The molecule has 2 rings (SSSR count). The van der Waals surface area contributed by atoms with Gasteiger partial charge in [-0.1, -0.05) is 37.3 Å². The lowest BCUT2D eigenvalue weighted by molar-refractivity contribution is 0.0493. The van der Waals surface area contributed by atoms with Crippen LogP contribution in [0.1, 0.15) is 44.5 Å². The number of rotatable bonds is 6. The summed E-state index contributed by atoms with van der Waals surface area (Å²) in [7, 11) is 1.34. The van der Waals surface area contributed by atoms with Gasteiger partial charge in [-0.3, -0.25) is 0 Å². The molecule has 0 aliphatic heterocycles. The van der Waals surface area contributed by atoms with E-state index >= 15 is 0 Å². The zero-order valence-corrected chi connectivity index (χ0v) is 16.5. The van der Waals surface area contributed by atoms with E-state index < -0.39 is 17.7 Å². The van der Waals surface area contributed by atoms with Gasteiger partial charge < -0.3 is 19.5 Å². The Bertz CT molecular complexity index is 810. The number of ether oxygens (including phenoxy) is 3. The van der Waals surface area contributed by atoms with E-state index in [0.717, 1.165) is 10.8 Å². The van der Waals surface area contributed by atoms with Crippen molar-refractivity contribution in [2.45, 2.75) is 45.8 Å². The minimum absolute atomic E-state index is 0.263. The van der Waals surface area contributed by atoms with Crippen LogP contribution in [-0.2, 0) is 9.47 Å². The molecule has 6 heteroatoms. The number of hydrogen-bond donors (Lipinski definition) is 1. The van der Waals surface area contributed by atoms with Crippen LogP contribution in [0.2, 0.25) is 0 Å². The van der Waals surface area contributed by atoms with E-state index in [1.165, 1.54) is 7.11 Å². The molecule has 146 valence electrons. The summed E-state index contributed by atoms with van der Waals surface area (Å²) in [6, 6.07) is 11.2. The highest BCUT2D eigenvalue weighted by Gasteiger charge is 2.21. The maximum absolute atomic E-state index is 12.3. The topological polar surface area (TPSA) is 73.9 Å². The summed E-state index contributed by atoms with van der Waals surface area (Å²) >= 11 is 0. The number of hydrogen-bond acceptors (Lipinski definition) is 5. The van der Waals surface area contributed by atoms with Crippen molar-refractivity contribution < 1.29 is 23.8 Å².